The van der Waals surface area contributed by atoms with Crippen molar-refractivity contribution in [3.8, 4) is 5.69 Å². The van der Waals surface area contributed by atoms with E-state index in [0.29, 0.717) is 25.4 Å². The number of halogens is 3. The fourth-order valence-electron chi connectivity index (χ4n) is 4.19. The molecule has 1 saturated heterocycles. The van der Waals surface area contributed by atoms with Crippen LogP contribution < -0.4 is 16.1 Å². The van der Waals surface area contributed by atoms with E-state index < -0.39 is 44.5 Å². The summed E-state index contributed by atoms with van der Waals surface area (Å²) in [7, 11) is -3.67. The van der Waals surface area contributed by atoms with Gasteiger partial charge in [0.25, 0.3) is 10.1 Å². The van der Waals surface area contributed by atoms with Gasteiger partial charge >= 0.3 is 5.97 Å². The van der Waals surface area contributed by atoms with Gasteiger partial charge in [0, 0.05) is 31.4 Å². The number of aromatic nitrogens is 2. The van der Waals surface area contributed by atoms with Gasteiger partial charge in [0.2, 0.25) is 5.43 Å². The highest BCUT2D eigenvalue weighted by Gasteiger charge is 2.54. The van der Waals surface area contributed by atoms with Crippen LogP contribution in [0.1, 0.15) is 10.4 Å². The van der Waals surface area contributed by atoms with E-state index >= 15 is 0 Å². The van der Waals surface area contributed by atoms with Gasteiger partial charge in [-0.2, -0.15) is 8.42 Å². The molecule has 0 unspecified atom stereocenters. The molecule has 14 heteroatoms. The summed E-state index contributed by atoms with van der Waals surface area (Å²) in [6.45, 7) is 1.01. The summed E-state index contributed by atoms with van der Waals surface area (Å²) in [6.07, 6.45) is 1.63. The molecule has 2 fully saturated rings. The van der Waals surface area contributed by atoms with Crippen LogP contribution in [0.15, 0.2) is 35.3 Å². The lowest BCUT2D eigenvalue weighted by Crippen LogP contribution is -2.30. The van der Waals surface area contributed by atoms with E-state index in [2.05, 4.69) is 4.98 Å². The van der Waals surface area contributed by atoms with Gasteiger partial charge in [-0.15, -0.1) is 0 Å². The molecule has 1 aliphatic heterocycles. The standard InChI is InChI=1S/C20H15F3N4O3.CH4O3S/c21-8-1-2-15(13(22)3-8)27-7-12(20(29)30)17(28)9-4-14(23)19(25-18(9)27)26-5-10-11(6-26)16(10)24;1-5(2,3)4/h1-4,7,10-11,16H,5-6,24H2,(H,29,30);1H3,(H,2,3,4)/t10-,11+,16+;. The van der Waals surface area contributed by atoms with Gasteiger partial charge in [0.05, 0.1) is 17.3 Å². The third-order valence-corrected chi connectivity index (χ3v) is 5.87. The van der Waals surface area contributed by atoms with E-state index in [9.17, 15) is 36.3 Å². The number of carboxylic acid groups (broad SMARTS) is 1. The molecule has 3 aromatic rings. The third-order valence-electron chi connectivity index (χ3n) is 5.87. The Balaban J connectivity index is 0.000000527. The maximum atomic E-state index is 14.8. The van der Waals surface area contributed by atoms with Gasteiger partial charge in [-0.1, -0.05) is 0 Å². The molecule has 10 nitrogen and oxygen atoms in total. The largest absolute Gasteiger partial charge is 0.477 e. The predicted molar refractivity (Wildman–Crippen MR) is 119 cm³/mol. The van der Waals surface area contributed by atoms with Gasteiger partial charge in [-0.3, -0.25) is 13.9 Å². The number of anilines is 1. The zero-order valence-electron chi connectivity index (χ0n) is 18.0. The maximum Gasteiger partial charge on any atom is 0.341 e. The molecule has 3 heterocycles. The van der Waals surface area contributed by atoms with Crippen LogP contribution in [0.3, 0.4) is 0 Å². The fourth-order valence-corrected chi connectivity index (χ4v) is 4.19. The zero-order valence-corrected chi connectivity index (χ0v) is 18.8. The fraction of sp³-hybridized carbons (Fsp3) is 0.286. The molecule has 2 aliphatic rings. The molecule has 2 aromatic heterocycles. The molecule has 0 spiro atoms. The zero-order chi connectivity index (χ0) is 25.8. The summed E-state index contributed by atoms with van der Waals surface area (Å²) in [5.41, 5.74) is 3.94. The summed E-state index contributed by atoms with van der Waals surface area (Å²) in [5, 5.41) is 9.05. The highest BCUT2D eigenvalue weighted by molar-refractivity contribution is 7.85. The molecular formula is C21H19F3N4O6S. The number of nitrogens with zero attached hydrogens (tertiary/aromatic N) is 3. The van der Waals surface area contributed by atoms with Crippen LogP contribution in [0.25, 0.3) is 16.7 Å². The van der Waals surface area contributed by atoms with Crippen LogP contribution in [0.4, 0.5) is 19.0 Å². The second kappa shape index (κ2) is 8.62. The number of carbonyl (C=O) groups is 1. The van der Waals surface area contributed by atoms with Crippen LogP contribution in [0, 0.1) is 29.3 Å². The Morgan fingerprint density at radius 1 is 1.14 bits per heavy atom. The number of benzene rings is 1. The monoisotopic (exact) mass is 512 g/mol. The first kappa shape index (κ1) is 24.6. The van der Waals surface area contributed by atoms with Crippen molar-refractivity contribution in [2.45, 2.75) is 6.04 Å². The molecule has 1 aromatic carbocycles. The Kier molecular flexibility index (Phi) is 6.07. The Hall–Kier alpha value is -3.49. The second-order valence-corrected chi connectivity index (χ2v) is 9.82. The van der Waals surface area contributed by atoms with E-state index in [1.54, 1.807) is 4.90 Å². The number of hydrogen-bond donors (Lipinski definition) is 3. The smallest absolute Gasteiger partial charge is 0.341 e. The molecule has 5 rings (SSSR count). The van der Waals surface area contributed by atoms with Gasteiger partial charge < -0.3 is 15.7 Å². The molecule has 4 N–H and O–H groups in total. The van der Waals surface area contributed by atoms with Gasteiger partial charge in [-0.25, -0.2) is 22.9 Å². The summed E-state index contributed by atoms with van der Waals surface area (Å²) in [6, 6.07) is 3.69. The molecule has 3 atom stereocenters. The van der Waals surface area contributed by atoms with Gasteiger partial charge in [-0.05, 0) is 30.0 Å². The molecule has 0 radical (unpaired) electrons. The topological polar surface area (TPSA) is 156 Å². The van der Waals surface area contributed by atoms with Gasteiger partial charge in [0.1, 0.15) is 17.2 Å². The lowest BCUT2D eigenvalue weighted by molar-refractivity contribution is 0.0695. The average Bonchev–Trinajstić information content (AvgIpc) is 3.14. The molecule has 0 amide bonds. The van der Waals surface area contributed by atoms with Crippen LogP contribution >= 0.6 is 0 Å². The van der Waals surface area contributed by atoms with Crippen molar-refractivity contribution in [1.29, 1.82) is 0 Å². The molecular weight excluding hydrogens is 493 g/mol. The Morgan fingerprint density at radius 3 is 2.29 bits per heavy atom. The Morgan fingerprint density at radius 2 is 1.74 bits per heavy atom. The SMILES string of the molecule is CS(=O)(=O)O.N[C@@H]1[C@H]2CN(c3nc4c(cc3F)c(=O)c(C(=O)O)cn4-c3ccc(F)cc3F)C[C@@H]12. The van der Waals surface area contributed by atoms with Crippen molar-refractivity contribution in [2.75, 3.05) is 24.2 Å². The molecule has 1 saturated carbocycles. The normalized spacial score (nSPS) is 20.9. The van der Waals surface area contributed by atoms with Crippen LogP contribution in [0.5, 0.6) is 0 Å². The number of hydrogen-bond acceptors (Lipinski definition) is 7. The summed E-state index contributed by atoms with van der Waals surface area (Å²) in [5.74, 6) is -3.70. The van der Waals surface area contributed by atoms with Gasteiger partial charge in [0.15, 0.2) is 17.3 Å². The molecule has 1 aliphatic carbocycles. The van der Waals surface area contributed by atoms with Crippen molar-refractivity contribution in [1.82, 2.24) is 9.55 Å². The van der Waals surface area contributed by atoms with Crippen LogP contribution in [-0.2, 0) is 10.1 Å². The lowest BCUT2D eigenvalue weighted by atomic mass is 10.1. The van der Waals surface area contributed by atoms with Crippen LogP contribution in [0.2, 0.25) is 0 Å². The first-order chi connectivity index (χ1) is 16.3. The number of rotatable bonds is 3. The van der Waals surface area contributed by atoms with E-state index in [1.807, 2.05) is 0 Å². The second-order valence-electron chi connectivity index (χ2n) is 8.35. The number of carboxylic acids is 1. The summed E-state index contributed by atoms with van der Waals surface area (Å²) < 4.78 is 69.6. The highest BCUT2D eigenvalue weighted by atomic mass is 32.2. The minimum atomic E-state index is -3.67. The van der Waals surface area contributed by atoms with Crippen molar-refractivity contribution in [3.05, 3.63) is 63.7 Å². The lowest BCUT2D eigenvalue weighted by Gasteiger charge is -2.22. The Labute approximate surface area is 196 Å². The highest BCUT2D eigenvalue weighted by Crippen LogP contribution is 2.45. The number of aromatic carboxylic acids is 1. The van der Waals surface area contributed by atoms with E-state index in [4.69, 9.17) is 10.3 Å². The summed E-state index contributed by atoms with van der Waals surface area (Å²) in [4.78, 5) is 30.1. The average molecular weight is 512 g/mol. The number of piperidine rings is 1. The molecule has 186 valence electrons. The Bertz CT molecular complexity index is 1510. The van der Waals surface area contributed by atoms with Crippen molar-refractivity contribution in [3.63, 3.8) is 0 Å². The summed E-state index contributed by atoms with van der Waals surface area (Å²) >= 11 is 0. The first-order valence-electron chi connectivity index (χ1n) is 10.1. The number of nitrogens with two attached hydrogens (primary N) is 1. The molecule has 35 heavy (non-hydrogen) atoms. The predicted octanol–water partition coefficient (Wildman–Crippen LogP) is 1.40. The number of pyridine rings is 2. The minimum absolute atomic E-state index is 0.0272. The van der Waals surface area contributed by atoms with E-state index in [1.165, 1.54) is 0 Å². The number of fused-ring (bicyclic) bond motifs is 2. The molecule has 0 bridgehead atoms. The van der Waals surface area contributed by atoms with Crippen molar-refractivity contribution < 1.29 is 36.0 Å². The minimum Gasteiger partial charge on any atom is -0.477 e. The first-order valence-corrected chi connectivity index (χ1v) is 12.0. The quantitative estimate of drug-likeness (QED) is 0.442. The van der Waals surface area contributed by atoms with Crippen LogP contribution in [-0.4, -0.2) is 59.0 Å². The maximum absolute atomic E-state index is 14.8. The third kappa shape index (κ3) is 4.85. The van der Waals surface area contributed by atoms with Crippen molar-refractivity contribution in [2.24, 2.45) is 17.6 Å². The van der Waals surface area contributed by atoms with E-state index in [-0.39, 0.29) is 40.4 Å². The van der Waals surface area contributed by atoms with E-state index in [0.717, 1.165) is 29.0 Å². The van der Waals surface area contributed by atoms with Crippen molar-refractivity contribution >= 4 is 32.9 Å².